The molecular formula is C27H29F2NO3. The number of ether oxygens (including phenoxy) is 2. The normalized spacial score (nSPS) is 15.2. The summed E-state index contributed by atoms with van der Waals surface area (Å²) in [5.74, 6) is 0.360. The molecule has 1 heterocycles. The van der Waals surface area contributed by atoms with Crippen LogP contribution < -0.4 is 9.47 Å². The van der Waals surface area contributed by atoms with Crippen molar-refractivity contribution < 1.29 is 23.4 Å². The summed E-state index contributed by atoms with van der Waals surface area (Å²) in [5.41, 5.74) is 2.99. The zero-order chi connectivity index (χ0) is 23.4. The van der Waals surface area contributed by atoms with Crippen LogP contribution in [0.5, 0.6) is 11.5 Å². The summed E-state index contributed by atoms with van der Waals surface area (Å²) >= 11 is 0. The molecule has 6 heteroatoms. The molecule has 0 aliphatic heterocycles. The smallest absolute Gasteiger partial charge is 0.387 e. The van der Waals surface area contributed by atoms with E-state index in [9.17, 15) is 13.9 Å². The van der Waals surface area contributed by atoms with Gasteiger partial charge in [0, 0.05) is 18.3 Å². The van der Waals surface area contributed by atoms with Crippen molar-refractivity contribution in [3.05, 3.63) is 89.2 Å². The van der Waals surface area contributed by atoms with Crippen LogP contribution in [0, 0.1) is 0 Å². The molecule has 4 nitrogen and oxygen atoms in total. The molecule has 1 fully saturated rings. The number of hydrogen-bond acceptors (Lipinski definition) is 4. The van der Waals surface area contributed by atoms with Crippen molar-refractivity contribution in [2.75, 3.05) is 0 Å². The van der Waals surface area contributed by atoms with Gasteiger partial charge >= 0.3 is 6.61 Å². The Kier molecular flexibility index (Phi) is 6.94. The predicted molar refractivity (Wildman–Crippen MR) is 123 cm³/mol. The lowest BCUT2D eigenvalue weighted by atomic mass is 9.84. The molecule has 1 aromatic heterocycles. The Morgan fingerprint density at radius 3 is 2.21 bits per heavy atom. The van der Waals surface area contributed by atoms with E-state index in [4.69, 9.17) is 9.47 Å². The first-order valence-corrected chi connectivity index (χ1v) is 11.3. The largest absolute Gasteiger partial charge is 0.487 e. The summed E-state index contributed by atoms with van der Waals surface area (Å²) in [7, 11) is 0. The molecule has 0 radical (unpaired) electrons. The molecule has 0 saturated heterocycles. The van der Waals surface area contributed by atoms with Gasteiger partial charge in [0.2, 0.25) is 0 Å². The lowest BCUT2D eigenvalue weighted by Gasteiger charge is -2.28. The van der Waals surface area contributed by atoms with Crippen LogP contribution in [0.3, 0.4) is 0 Å². The number of aromatic nitrogens is 1. The van der Waals surface area contributed by atoms with Crippen molar-refractivity contribution >= 4 is 0 Å². The Morgan fingerprint density at radius 1 is 0.970 bits per heavy atom. The molecule has 33 heavy (non-hydrogen) atoms. The minimum Gasteiger partial charge on any atom is -0.487 e. The summed E-state index contributed by atoms with van der Waals surface area (Å²) in [6, 6.07) is 17.0. The molecule has 1 aliphatic rings. The molecule has 4 rings (SSSR count). The number of halogens is 2. The van der Waals surface area contributed by atoms with Gasteiger partial charge in [0.05, 0.1) is 11.7 Å². The van der Waals surface area contributed by atoms with E-state index in [1.165, 1.54) is 0 Å². The molecule has 1 atom stereocenters. The average molecular weight is 454 g/mol. The van der Waals surface area contributed by atoms with Crippen molar-refractivity contribution in [1.29, 1.82) is 0 Å². The predicted octanol–water partition coefficient (Wildman–Crippen LogP) is 6.22. The Hall–Kier alpha value is -2.99. The Morgan fingerprint density at radius 2 is 1.64 bits per heavy atom. The van der Waals surface area contributed by atoms with Gasteiger partial charge in [-0.3, -0.25) is 4.98 Å². The number of pyridine rings is 1. The van der Waals surface area contributed by atoms with Gasteiger partial charge in [0.25, 0.3) is 0 Å². The van der Waals surface area contributed by atoms with E-state index in [-0.39, 0.29) is 17.8 Å². The van der Waals surface area contributed by atoms with E-state index in [0.29, 0.717) is 12.2 Å². The molecule has 0 amide bonds. The lowest BCUT2D eigenvalue weighted by Crippen LogP contribution is -2.25. The van der Waals surface area contributed by atoms with Crippen molar-refractivity contribution in [3.8, 4) is 11.5 Å². The number of aliphatic hydroxyl groups is 1. The van der Waals surface area contributed by atoms with Gasteiger partial charge < -0.3 is 14.6 Å². The highest BCUT2D eigenvalue weighted by Gasteiger charge is 2.24. The molecule has 1 aliphatic carbocycles. The average Bonchev–Trinajstić information content (AvgIpc) is 2.75. The zero-order valence-corrected chi connectivity index (χ0v) is 18.9. The molecule has 1 unspecified atom stereocenters. The van der Waals surface area contributed by atoms with Crippen LogP contribution in [0.4, 0.5) is 8.78 Å². The van der Waals surface area contributed by atoms with Crippen molar-refractivity contribution in [3.63, 3.8) is 0 Å². The quantitative estimate of drug-likeness (QED) is 0.418. The molecule has 2 aromatic carbocycles. The second-order valence-electron chi connectivity index (χ2n) is 9.05. The van der Waals surface area contributed by atoms with E-state index in [1.807, 2.05) is 48.5 Å². The maximum absolute atomic E-state index is 13.0. The Labute approximate surface area is 193 Å². The maximum Gasteiger partial charge on any atom is 0.387 e. The third-order valence-electron chi connectivity index (χ3n) is 6.14. The topological polar surface area (TPSA) is 51.6 Å². The molecule has 1 saturated carbocycles. The monoisotopic (exact) mass is 453 g/mol. The van der Waals surface area contributed by atoms with Gasteiger partial charge in [-0.25, -0.2) is 0 Å². The van der Waals surface area contributed by atoms with Gasteiger partial charge in [0.1, 0.15) is 0 Å². The fourth-order valence-electron chi connectivity index (χ4n) is 4.00. The van der Waals surface area contributed by atoms with E-state index >= 15 is 0 Å². The summed E-state index contributed by atoms with van der Waals surface area (Å²) < 4.78 is 36.7. The van der Waals surface area contributed by atoms with Crippen LogP contribution >= 0.6 is 0 Å². The standard InChI is InChI=1S/C27H29F2NO3/c1-27(2,31)21-9-6-19(7-10-21)23(16-18-12-14-30-15-13-18)20-8-11-24(33-26(28)29)25(17-20)32-22-4-3-5-22/h6-15,17,22-23,26,31H,3-5,16H2,1-2H3. The first-order valence-electron chi connectivity index (χ1n) is 11.3. The zero-order valence-electron chi connectivity index (χ0n) is 18.9. The van der Waals surface area contributed by atoms with Crippen LogP contribution in [0.2, 0.25) is 0 Å². The van der Waals surface area contributed by atoms with Crippen LogP contribution in [0.25, 0.3) is 0 Å². The summed E-state index contributed by atoms with van der Waals surface area (Å²) in [5, 5.41) is 10.3. The third-order valence-corrected chi connectivity index (χ3v) is 6.14. The van der Waals surface area contributed by atoms with E-state index in [0.717, 1.165) is 41.5 Å². The number of alkyl halides is 2. The summed E-state index contributed by atoms with van der Waals surface area (Å²) in [6.07, 6.45) is 7.15. The molecule has 174 valence electrons. The first-order chi connectivity index (χ1) is 15.8. The second-order valence-corrected chi connectivity index (χ2v) is 9.05. The highest BCUT2D eigenvalue weighted by molar-refractivity contribution is 5.47. The fraction of sp³-hybridized carbons (Fsp3) is 0.370. The van der Waals surface area contributed by atoms with Gasteiger partial charge in [0.15, 0.2) is 11.5 Å². The highest BCUT2D eigenvalue weighted by Crippen LogP contribution is 2.38. The van der Waals surface area contributed by atoms with E-state index in [2.05, 4.69) is 4.98 Å². The maximum atomic E-state index is 13.0. The Balaban J connectivity index is 1.71. The minimum atomic E-state index is -2.92. The third kappa shape index (κ3) is 5.88. The Bertz CT molecular complexity index is 1050. The number of hydrogen-bond donors (Lipinski definition) is 1. The van der Waals surface area contributed by atoms with Gasteiger partial charge in [-0.05, 0) is 86.1 Å². The molecular weight excluding hydrogens is 424 g/mol. The molecule has 1 N–H and O–H groups in total. The lowest BCUT2D eigenvalue weighted by molar-refractivity contribution is -0.0527. The highest BCUT2D eigenvalue weighted by atomic mass is 19.3. The first kappa shape index (κ1) is 23.2. The van der Waals surface area contributed by atoms with Gasteiger partial charge in [-0.15, -0.1) is 0 Å². The summed E-state index contributed by atoms with van der Waals surface area (Å²) in [6.45, 7) is 0.589. The van der Waals surface area contributed by atoms with Gasteiger partial charge in [-0.2, -0.15) is 8.78 Å². The molecule has 0 bridgehead atoms. The van der Waals surface area contributed by atoms with Crippen molar-refractivity contribution in [2.45, 2.75) is 63.8 Å². The van der Waals surface area contributed by atoms with Crippen molar-refractivity contribution in [1.82, 2.24) is 4.98 Å². The van der Waals surface area contributed by atoms with Crippen molar-refractivity contribution in [2.24, 2.45) is 0 Å². The van der Waals surface area contributed by atoms with Crippen LogP contribution in [0.1, 0.15) is 61.3 Å². The SMILES string of the molecule is CC(C)(O)c1ccc(C(Cc2ccncc2)c2ccc(OC(F)F)c(OC3CCC3)c2)cc1. The molecule has 0 spiro atoms. The van der Waals surface area contributed by atoms with Crippen LogP contribution in [-0.4, -0.2) is 22.8 Å². The van der Waals surface area contributed by atoms with E-state index in [1.54, 1.807) is 32.3 Å². The summed E-state index contributed by atoms with van der Waals surface area (Å²) in [4.78, 5) is 4.10. The minimum absolute atomic E-state index is 0.0324. The van der Waals surface area contributed by atoms with Gasteiger partial charge in [-0.1, -0.05) is 30.3 Å². The van der Waals surface area contributed by atoms with E-state index < -0.39 is 12.2 Å². The molecule has 3 aromatic rings. The number of rotatable bonds is 9. The fourth-order valence-corrected chi connectivity index (χ4v) is 4.00. The number of benzene rings is 2. The second kappa shape index (κ2) is 9.87. The van der Waals surface area contributed by atoms with Crippen LogP contribution in [0.15, 0.2) is 67.0 Å². The number of nitrogens with zero attached hydrogens (tertiary/aromatic N) is 1. The van der Waals surface area contributed by atoms with Crippen LogP contribution in [-0.2, 0) is 12.0 Å².